The molecule has 16 heavy (non-hydrogen) atoms. The molecule has 1 aromatic heterocycles. The Morgan fingerprint density at radius 1 is 1.62 bits per heavy atom. The van der Waals surface area contributed by atoms with Crippen LogP contribution in [0.2, 0.25) is 0 Å². The van der Waals surface area contributed by atoms with E-state index in [0.29, 0.717) is 18.9 Å². The number of thiophene rings is 1. The predicted molar refractivity (Wildman–Crippen MR) is 66.4 cm³/mol. The number of likely N-dealkylation sites (tertiary alicyclic amines) is 1. The SMILES string of the molecule is NC[C@H]1CCCN(C(=O)Cc2ccsc2)C1. The van der Waals surface area contributed by atoms with Crippen LogP contribution in [0.15, 0.2) is 16.8 Å². The van der Waals surface area contributed by atoms with Gasteiger partial charge in [-0.05, 0) is 47.7 Å². The fourth-order valence-electron chi connectivity index (χ4n) is 2.16. The van der Waals surface area contributed by atoms with Crippen LogP contribution in [0.5, 0.6) is 0 Å². The number of hydrogen-bond acceptors (Lipinski definition) is 3. The molecule has 0 aromatic carbocycles. The minimum Gasteiger partial charge on any atom is -0.342 e. The second-order valence-corrected chi connectivity index (χ2v) is 5.17. The summed E-state index contributed by atoms with van der Waals surface area (Å²) in [5, 5.41) is 4.06. The first-order chi connectivity index (χ1) is 7.79. The molecule has 0 aliphatic carbocycles. The van der Waals surface area contributed by atoms with Crippen LogP contribution in [0.25, 0.3) is 0 Å². The van der Waals surface area contributed by atoms with Gasteiger partial charge in [-0.1, -0.05) is 0 Å². The quantitative estimate of drug-likeness (QED) is 0.867. The van der Waals surface area contributed by atoms with Gasteiger partial charge in [0.05, 0.1) is 6.42 Å². The summed E-state index contributed by atoms with van der Waals surface area (Å²) in [6.45, 7) is 2.45. The second-order valence-electron chi connectivity index (χ2n) is 4.39. The number of rotatable bonds is 3. The molecule has 88 valence electrons. The van der Waals surface area contributed by atoms with Gasteiger partial charge < -0.3 is 10.6 Å². The molecule has 1 aromatic rings. The number of nitrogens with two attached hydrogens (primary N) is 1. The van der Waals surface area contributed by atoms with Gasteiger partial charge in [-0.2, -0.15) is 11.3 Å². The number of carbonyl (C=O) groups is 1. The van der Waals surface area contributed by atoms with Crippen LogP contribution in [0.1, 0.15) is 18.4 Å². The molecule has 2 rings (SSSR count). The van der Waals surface area contributed by atoms with Crippen LogP contribution in [0, 0.1) is 5.92 Å². The molecule has 2 heterocycles. The topological polar surface area (TPSA) is 46.3 Å². The van der Waals surface area contributed by atoms with Gasteiger partial charge in [0, 0.05) is 13.1 Å². The lowest BCUT2D eigenvalue weighted by Gasteiger charge is -2.32. The van der Waals surface area contributed by atoms with Gasteiger partial charge in [0.2, 0.25) is 5.91 Å². The zero-order valence-electron chi connectivity index (χ0n) is 9.39. The highest BCUT2D eigenvalue weighted by molar-refractivity contribution is 7.07. The average molecular weight is 238 g/mol. The van der Waals surface area contributed by atoms with Crippen LogP contribution in [0.3, 0.4) is 0 Å². The van der Waals surface area contributed by atoms with Crippen molar-refractivity contribution in [3.8, 4) is 0 Å². The van der Waals surface area contributed by atoms with Gasteiger partial charge >= 0.3 is 0 Å². The molecule has 0 radical (unpaired) electrons. The van der Waals surface area contributed by atoms with Crippen molar-refractivity contribution in [2.45, 2.75) is 19.3 Å². The molecule has 0 bridgehead atoms. The molecule has 1 aliphatic rings. The van der Waals surface area contributed by atoms with Crippen molar-refractivity contribution >= 4 is 17.2 Å². The summed E-state index contributed by atoms with van der Waals surface area (Å²) < 4.78 is 0. The summed E-state index contributed by atoms with van der Waals surface area (Å²) in [5.41, 5.74) is 6.79. The lowest BCUT2D eigenvalue weighted by Crippen LogP contribution is -2.42. The summed E-state index contributed by atoms with van der Waals surface area (Å²) in [6.07, 6.45) is 2.80. The zero-order chi connectivity index (χ0) is 11.4. The lowest BCUT2D eigenvalue weighted by atomic mass is 9.98. The molecule has 1 saturated heterocycles. The van der Waals surface area contributed by atoms with Gasteiger partial charge in [0.1, 0.15) is 0 Å². The normalized spacial score (nSPS) is 21.1. The third-order valence-corrected chi connectivity index (χ3v) is 3.87. The molecule has 3 nitrogen and oxygen atoms in total. The summed E-state index contributed by atoms with van der Waals surface area (Å²) in [5.74, 6) is 0.747. The van der Waals surface area contributed by atoms with E-state index in [-0.39, 0.29) is 5.91 Å². The third-order valence-electron chi connectivity index (χ3n) is 3.14. The van der Waals surface area contributed by atoms with E-state index in [1.54, 1.807) is 11.3 Å². The molecule has 1 fully saturated rings. The van der Waals surface area contributed by atoms with E-state index in [9.17, 15) is 4.79 Å². The Morgan fingerprint density at radius 3 is 3.19 bits per heavy atom. The Kier molecular flexibility index (Phi) is 3.96. The van der Waals surface area contributed by atoms with Gasteiger partial charge in [-0.3, -0.25) is 4.79 Å². The Labute approximate surface area is 100 Å². The molecule has 1 amide bonds. The average Bonchev–Trinajstić information content (AvgIpc) is 2.82. The minimum absolute atomic E-state index is 0.247. The van der Waals surface area contributed by atoms with Crippen LogP contribution in [0.4, 0.5) is 0 Å². The summed E-state index contributed by atoms with van der Waals surface area (Å²) in [6, 6.07) is 2.02. The van der Waals surface area contributed by atoms with Crippen molar-refractivity contribution in [3.63, 3.8) is 0 Å². The van der Waals surface area contributed by atoms with Crippen molar-refractivity contribution in [2.24, 2.45) is 11.7 Å². The van der Waals surface area contributed by atoms with E-state index in [2.05, 4.69) is 0 Å². The van der Waals surface area contributed by atoms with Crippen LogP contribution >= 0.6 is 11.3 Å². The fraction of sp³-hybridized carbons (Fsp3) is 0.583. The van der Waals surface area contributed by atoms with E-state index in [1.165, 1.54) is 6.42 Å². The highest BCUT2D eigenvalue weighted by Gasteiger charge is 2.22. The molecule has 0 saturated carbocycles. The molecule has 4 heteroatoms. The number of amides is 1. The first-order valence-electron chi connectivity index (χ1n) is 5.78. The van der Waals surface area contributed by atoms with Crippen molar-refractivity contribution in [2.75, 3.05) is 19.6 Å². The van der Waals surface area contributed by atoms with Crippen molar-refractivity contribution in [3.05, 3.63) is 22.4 Å². The van der Waals surface area contributed by atoms with E-state index >= 15 is 0 Å². The minimum atomic E-state index is 0.247. The summed E-state index contributed by atoms with van der Waals surface area (Å²) in [7, 11) is 0. The van der Waals surface area contributed by atoms with E-state index in [1.807, 2.05) is 21.7 Å². The summed E-state index contributed by atoms with van der Waals surface area (Å²) in [4.78, 5) is 14.0. The van der Waals surface area contributed by atoms with Crippen molar-refractivity contribution in [1.29, 1.82) is 0 Å². The fourth-order valence-corrected chi connectivity index (χ4v) is 2.83. The van der Waals surface area contributed by atoms with Gasteiger partial charge in [-0.25, -0.2) is 0 Å². The van der Waals surface area contributed by atoms with E-state index in [4.69, 9.17) is 5.73 Å². The molecule has 1 aliphatic heterocycles. The van der Waals surface area contributed by atoms with Crippen LogP contribution < -0.4 is 5.73 Å². The number of hydrogen-bond donors (Lipinski definition) is 1. The van der Waals surface area contributed by atoms with Crippen LogP contribution in [-0.2, 0) is 11.2 Å². The third kappa shape index (κ3) is 2.83. The van der Waals surface area contributed by atoms with Gasteiger partial charge in [-0.15, -0.1) is 0 Å². The smallest absolute Gasteiger partial charge is 0.227 e. The summed E-state index contributed by atoms with van der Waals surface area (Å²) >= 11 is 1.64. The maximum absolute atomic E-state index is 12.0. The van der Waals surface area contributed by atoms with Crippen molar-refractivity contribution in [1.82, 2.24) is 4.90 Å². The molecular weight excluding hydrogens is 220 g/mol. The van der Waals surface area contributed by atoms with E-state index in [0.717, 1.165) is 25.1 Å². The Morgan fingerprint density at radius 2 is 2.50 bits per heavy atom. The van der Waals surface area contributed by atoms with Gasteiger partial charge in [0.25, 0.3) is 0 Å². The number of carbonyl (C=O) groups excluding carboxylic acids is 1. The molecule has 0 spiro atoms. The number of nitrogens with zero attached hydrogens (tertiary/aromatic N) is 1. The second kappa shape index (κ2) is 5.46. The van der Waals surface area contributed by atoms with E-state index < -0.39 is 0 Å². The Balaban J connectivity index is 1.89. The zero-order valence-corrected chi connectivity index (χ0v) is 10.2. The predicted octanol–water partition coefficient (Wildman–Crippen LogP) is 1.49. The highest BCUT2D eigenvalue weighted by Crippen LogP contribution is 2.17. The first-order valence-corrected chi connectivity index (χ1v) is 6.73. The maximum atomic E-state index is 12.0. The molecular formula is C12H18N2OS. The lowest BCUT2D eigenvalue weighted by molar-refractivity contribution is -0.132. The Hall–Kier alpha value is -0.870. The van der Waals surface area contributed by atoms with Crippen LogP contribution in [-0.4, -0.2) is 30.4 Å². The molecule has 0 unspecified atom stereocenters. The highest BCUT2D eigenvalue weighted by atomic mass is 32.1. The maximum Gasteiger partial charge on any atom is 0.227 e. The standard InChI is InChI=1S/C12H18N2OS/c13-7-11-2-1-4-14(8-11)12(15)6-10-3-5-16-9-10/h3,5,9,11H,1-2,4,6-8,13H2/t11-/m1/s1. The first kappa shape index (κ1) is 11.6. The largest absolute Gasteiger partial charge is 0.342 e. The van der Waals surface area contributed by atoms with Gasteiger partial charge in [0.15, 0.2) is 0 Å². The Bertz CT molecular complexity index is 337. The molecule has 1 atom stereocenters. The number of piperidine rings is 1. The molecule has 2 N–H and O–H groups in total. The van der Waals surface area contributed by atoms with Crippen molar-refractivity contribution < 1.29 is 4.79 Å². The monoisotopic (exact) mass is 238 g/mol.